The molecule has 0 spiro atoms. The number of aliphatic hydroxyl groups excluding tert-OH is 1. The van der Waals surface area contributed by atoms with Gasteiger partial charge in [-0.2, -0.15) is 0 Å². The van der Waals surface area contributed by atoms with Gasteiger partial charge in [0.05, 0.1) is 13.5 Å². The molecule has 9 unspecified atom stereocenters. The Morgan fingerprint density at radius 1 is 0.744 bits per heavy atom. The molecular formula is C57H77N7O14. The molecule has 78 heavy (non-hydrogen) atoms. The fourth-order valence-electron chi connectivity index (χ4n) is 9.55. The van der Waals surface area contributed by atoms with Crippen molar-refractivity contribution in [2.75, 3.05) is 14.2 Å². The summed E-state index contributed by atoms with van der Waals surface area (Å²) in [6, 6.07) is 10.3. The number of fused-ring (bicyclic) bond motifs is 2. The van der Waals surface area contributed by atoms with Gasteiger partial charge in [0.15, 0.2) is 0 Å². The predicted octanol–water partition coefficient (Wildman–Crippen LogP) is 3.21. The molecule has 2 heterocycles. The number of ether oxygens (including phenoxy) is 2. The summed E-state index contributed by atoms with van der Waals surface area (Å²) in [5, 5.41) is 44.6. The number of hydrogen-bond donors (Lipinski definition) is 8. The number of methoxy groups -OCH3 is 1. The third-order valence-corrected chi connectivity index (χ3v) is 14.1. The summed E-state index contributed by atoms with van der Waals surface area (Å²) in [4.78, 5) is 131. The minimum atomic E-state index is -1.90. The zero-order valence-electron chi connectivity index (χ0n) is 45.4. The summed E-state index contributed by atoms with van der Waals surface area (Å²) in [5.41, 5.74) is 1.59. The maximum Gasteiger partial charge on any atom is 0.329 e. The van der Waals surface area contributed by atoms with Crippen LogP contribution >= 0.6 is 0 Å². The predicted molar refractivity (Wildman–Crippen MR) is 286 cm³/mol. The number of carboxylic acids is 1. The van der Waals surface area contributed by atoms with E-state index in [1.54, 1.807) is 68.4 Å². The molecule has 3 aromatic carbocycles. The Labute approximate surface area is 455 Å². The maximum atomic E-state index is 15.2. The topological polar surface area (TPSA) is 299 Å². The van der Waals surface area contributed by atoms with Gasteiger partial charge in [-0.1, -0.05) is 114 Å². The highest BCUT2D eigenvalue weighted by molar-refractivity contribution is 5.99. The normalized spacial score (nSPS) is 23.1. The Kier molecular flexibility index (Phi) is 23.4. The van der Waals surface area contributed by atoms with E-state index in [2.05, 4.69) is 33.5 Å². The lowest BCUT2D eigenvalue weighted by molar-refractivity contribution is -0.165. The number of carboxylic acid groups (broad SMARTS) is 1. The van der Waals surface area contributed by atoms with Crippen molar-refractivity contribution in [3.05, 3.63) is 95.6 Å². The van der Waals surface area contributed by atoms with Gasteiger partial charge in [0.25, 0.3) is 0 Å². The highest BCUT2D eigenvalue weighted by Gasteiger charge is 2.46. The molecule has 7 amide bonds. The van der Waals surface area contributed by atoms with Gasteiger partial charge in [0, 0.05) is 32.7 Å². The maximum absolute atomic E-state index is 15.2. The van der Waals surface area contributed by atoms with Crippen molar-refractivity contribution in [1.29, 1.82) is 0 Å². The van der Waals surface area contributed by atoms with E-state index in [1.165, 1.54) is 45.3 Å². The lowest BCUT2D eigenvalue weighted by Crippen LogP contribution is -2.65. The minimum absolute atomic E-state index is 0.00965. The second-order valence-electron chi connectivity index (χ2n) is 20.5. The van der Waals surface area contributed by atoms with Gasteiger partial charge in [-0.25, -0.2) is 4.79 Å². The quantitative estimate of drug-likeness (QED) is 0.0562. The van der Waals surface area contributed by atoms with Gasteiger partial charge in [-0.05, 0) is 73.1 Å². The third kappa shape index (κ3) is 17.8. The van der Waals surface area contributed by atoms with E-state index in [9.17, 15) is 53.7 Å². The van der Waals surface area contributed by atoms with Crippen LogP contribution in [0.25, 0.3) is 0 Å². The van der Waals surface area contributed by atoms with Crippen LogP contribution in [-0.2, 0) is 67.2 Å². The van der Waals surface area contributed by atoms with Gasteiger partial charge >= 0.3 is 11.9 Å². The first-order valence-electron chi connectivity index (χ1n) is 26.9. The molecule has 2 bridgehead atoms. The van der Waals surface area contributed by atoms with Crippen molar-refractivity contribution in [2.45, 2.75) is 172 Å². The van der Waals surface area contributed by atoms with E-state index >= 15 is 4.79 Å². The molecule has 3 aromatic rings. The molecule has 21 heteroatoms. The second-order valence-corrected chi connectivity index (χ2v) is 20.5. The number of hydrogen-bond acceptors (Lipinski definition) is 13. The molecule has 0 radical (unpaired) electrons. The molecule has 2 aliphatic rings. The first-order chi connectivity index (χ1) is 37.2. The summed E-state index contributed by atoms with van der Waals surface area (Å²) in [5.74, 6) is -9.02. The van der Waals surface area contributed by atoms with Crippen molar-refractivity contribution >= 4 is 53.3 Å². The summed E-state index contributed by atoms with van der Waals surface area (Å²) in [6.07, 6.45) is 1.52. The number of benzene rings is 3. The van der Waals surface area contributed by atoms with Crippen LogP contribution in [0.1, 0.15) is 115 Å². The van der Waals surface area contributed by atoms with E-state index < -0.39 is 120 Å². The average Bonchev–Trinajstić information content (AvgIpc) is 3.43. The SMILES string of the molecule is CCCCCCCCCC(=O)NC(CC(=O)O)C(=O)NC1C(=O)NC(Cc2ccc(O)cc2)C(=O)NC2CCC(O)N(C2=O)C(Cc2ccccc2)C(=O)N(C)C(Cc2ccc(OC)cc2)C(=O)NC(C(C)C)C(=O)OC1C. The molecular weight excluding hydrogens is 1010 g/mol. The van der Waals surface area contributed by atoms with E-state index in [1.807, 2.05) is 0 Å². The number of esters is 1. The Hall–Kier alpha value is -7.55. The molecule has 21 nitrogen and oxygen atoms in total. The number of amides is 7. The van der Waals surface area contributed by atoms with Gasteiger partial charge < -0.3 is 61.2 Å². The fourth-order valence-corrected chi connectivity index (χ4v) is 9.55. The number of carbonyl (C=O) groups is 9. The van der Waals surface area contributed by atoms with E-state index in [0.717, 1.165) is 48.3 Å². The van der Waals surface area contributed by atoms with Crippen molar-refractivity contribution in [1.82, 2.24) is 36.4 Å². The number of piperidine rings is 1. The average molecular weight is 1080 g/mol. The molecule has 0 saturated carbocycles. The highest BCUT2D eigenvalue weighted by Crippen LogP contribution is 2.26. The molecule has 2 fully saturated rings. The first kappa shape index (κ1) is 61.3. The van der Waals surface area contributed by atoms with Gasteiger partial charge in [-0.15, -0.1) is 0 Å². The van der Waals surface area contributed by atoms with Crippen LogP contribution in [0.4, 0.5) is 0 Å². The molecule has 0 aliphatic carbocycles. The number of phenols is 1. The highest BCUT2D eigenvalue weighted by atomic mass is 16.5. The summed E-state index contributed by atoms with van der Waals surface area (Å²) in [7, 11) is 2.86. The molecule has 0 aromatic heterocycles. The smallest absolute Gasteiger partial charge is 0.329 e. The van der Waals surface area contributed by atoms with Gasteiger partial charge in [0.1, 0.15) is 66.1 Å². The number of nitrogens with zero attached hydrogens (tertiary/aromatic N) is 2. The lowest BCUT2D eigenvalue weighted by atomic mass is 9.95. The zero-order chi connectivity index (χ0) is 57.1. The zero-order valence-corrected chi connectivity index (χ0v) is 45.4. The van der Waals surface area contributed by atoms with Crippen LogP contribution in [0.3, 0.4) is 0 Å². The van der Waals surface area contributed by atoms with Crippen molar-refractivity contribution in [3.63, 3.8) is 0 Å². The van der Waals surface area contributed by atoms with Crippen LogP contribution in [0, 0.1) is 5.92 Å². The number of aliphatic hydroxyl groups is 1. The minimum Gasteiger partial charge on any atom is -0.508 e. The summed E-state index contributed by atoms with van der Waals surface area (Å²) in [6.45, 7) is 6.59. The fraction of sp³-hybridized carbons (Fsp3) is 0.526. The molecule has 5 rings (SSSR count). The van der Waals surface area contributed by atoms with Crippen molar-refractivity contribution in [2.24, 2.45) is 5.92 Å². The number of cyclic esters (lactones) is 1. The van der Waals surface area contributed by atoms with Crippen molar-refractivity contribution in [3.8, 4) is 11.5 Å². The first-order valence-corrected chi connectivity index (χ1v) is 26.9. The molecule has 2 saturated heterocycles. The monoisotopic (exact) mass is 1080 g/mol. The number of carbonyl (C=O) groups excluding carboxylic acids is 8. The van der Waals surface area contributed by atoms with E-state index in [0.29, 0.717) is 28.9 Å². The van der Waals surface area contributed by atoms with E-state index in [4.69, 9.17) is 9.47 Å². The molecule has 2 aliphatic heterocycles. The summed E-state index contributed by atoms with van der Waals surface area (Å²) >= 11 is 0. The van der Waals surface area contributed by atoms with Crippen LogP contribution < -0.4 is 31.3 Å². The number of nitrogens with one attached hydrogen (secondary N) is 5. The van der Waals surface area contributed by atoms with Crippen LogP contribution in [0.5, 0.6) is 11.5 Å². The van der Waals surface area contributed by atoms with E-state index in [-0.39, 0.29) is 44.3 Å². The van der Waals surface area contributed by atoms with Crippen LogP contribution in [0.15, 0.2) is 78.9 Å². The van der Waals surface area contributed by atoms with Gasteiger partial charge in [0.2, 0.25) is 41.4 Å². The van der Waals surface area contributed by atoms with Crippen LogP contribution in [0.2, 0.25) is 0 Å². The van der Waals surface area contributed by atoms with Crippen LogP contribution in [-0.4, -0.2) is 147 Å². The van der Waals surface area contributed by atoms with Gasteiger partial charge in [-0.3, -0.25) is 38.4 Å². The number of likely N-dealkylation sites (N-methyl/N-ethyl adjacent to an activating group) is 1. The Bertz CT molecular complexity index is 2530. The molecule has 424 valence electrons. The number of rotatable bonds is 21. The van der Waals surface area contributed by atoms with Crippen molar-refractivity contribution < 1.29 is 67.9 Å². The number of aromatic hydroxyl groups is 1. The second kappa shape index (κ2) is 29.8. The number of unbranched alkanes of at least 4 members (excludes halogenated alkanes) is 6. The molecule has 9 atom stereocenters. The third-order valence-electron chi connectivity index (χ3n) is 14.1. The number of aliphatic carboxylic acids is 1. The molecule has 8 N–H and O–H groups in total. The number of phenolic OH excluding ortho intramolecular Hbond substituents is 1. The summed E-state index contributed by atoms with van der Waals surface area (Å²) < 4.78 is 11.3. The Morgan fingerprint density at radius 2 is 1.35 bits per heavy atom. The Balaban J connectivity index is 1.59. The Morgan fingerprint density at radius 3 is 1.97 bits per heavy atom. The standard InChI is InChI=1S/C57H77N7O14/c1-7-8-9-10-11-12-16-19-46(66)58-43(33-48(68)69)52(71)62-50-35(4)78-57(76)49(34(2)3)61-53(72)44(31-38-22-26-40(77-6)27-23-38)63(5)56(75)45(32-36-17-14-13-15-18-36)64-47(67)29-28-41(55(64)74)59-51(70)42(60-54(50)73)30-37-20-24-39(65)25-21-37/h13-15,17-18,20-27,34-35,41-45,47,49-50,65,67H,7-12,16,19,28-33H2,1-6H3,(H,58,66)(H,59,70)(H,60,73)(H,61,72)(H,62,71)(H,68,69). The lowest BCUT2D eigenvalue weighted by Gasteiger charge is -2.43. The largest absolute Gasteiger partial charge is 0.508 e.